The molecule has 4 unspecified atom stereocenters. The van der Waals surface area contributed by atoms with Crippen molar-refractivity contribution >= 4 is 158 Å². The van der Waals surface area contributed by atoms with E-state index in [4.69, 9.17) is 9.31 Å². The zero-order valence-electron chi connectivity index (χ0n) is 72.8. The molecule has 25 rings (SSSR count). The lowest BCUT2D eigenvalue weighted by atomic mass is 9.63. The van der Waals surface area contributed by atoms with Gasteiger partial charge >= 0.3 is 7.12 Å². The third kappa shape index (κ3) is 14.6. The third-order valence-electron chi connectivity index (χ3n) is 27.8. The Morgan fingerprint density at radius 1 is 0.258 bits per heavy atom. The Kier molecular flexibility index (Phi) is 21.4. The highest BCUT2D eigenvalue weighted by atomic mass is 79.9. The molecule has 0 amide bonds. The average molecular weight is 1900 g/mol. The Balaban J connectivity index is 0.000000107. The summed E-state index contributed by atoms with van der Waals surface area (Å²) >= 11 is 10.7. The molecular weight excluding hydrogens is 1810 g/mol. The van der Waals surface area contributed by atoms with Gasteiger partial charge in [0, 0.05) is 53.1 Å². The molecule has 6 nitrogen and oxygen atoms in total. The first kappa shape index (κ1) is 84.0. The molecule has 1 aliphatic heterocycles. The summed E-state index contributed by atoms with van der Waals surface area (Å²) in [4.78, 5) is 24.4. The number of rotatable bonds is 7. The van der Waals surface area contributed by atoms with Gasteiger partial charge in [0.2, 0.25) is 0 Å². The van der Waals surface area contributed by atoms with Gasteiger partial charge in [-0.3, -0.25) is 9.59 Å². The van der Waals surface area contributed by atoms with Crippen LogP contribution in [0.25, 0.3) is 108 Å². The summed E-state index contributed by atoms with van der Waals surface area (Å²) in [5, 5.41) is 44.8. The lowest BCUT2D eigenvalue weighted by Gasteiger charge is -2.45. The smallest absolute Gasteiger partial charge is 0.399 e. The molecule has 0 spiro atoms. The highest BCUT2D eigenvalue weighted by Crippen LogP contribution is 2.56. The number of carbonyl (C=O) groups excluding carboxylic acids is 2. The van der Waals surface area contributed by atoms with Gasteiger partial charge in [-0.1, -0.05) is 406 Å². The minimum atomic E-state index is -1.46. The lowest BCUT2D eigenvalue weighted by molar-refractivity contribution is 0.00578. The maximum absolute atomic E-state index is 12.7. The van der Waals surface area contributed by atoms with Crippen LogP contribution >= 0.6 is 47.8 Å². The van der Waals surface area contributed by atoms with E-state index in [0.717, 1.165) is 51.6 Å². The molecular formula is C122H86BBr3O6. The van der Waals surface area contributed by atoms with Crippen molar-refractivity contribution in [2.24, 2.45) is 0 Å². The number of fused-ring (bicyclic) bond motifs is 14. The van der Waals surface area contributed by atoms with Gasteiger partial charge in [0.25, 0.3) is 0 Å². The van der Waals surface area contributed by atoms with Crippen LogP contribution in [-0.4, -0.2) is 40.1 Å². The van der Waals surface area contributed by atoms with Crippen LogP contribution in [0.3, 0.4) is 0 Å². The normalized spacial score (nSPS) is 17.1. The molecule has 0 radical (unpaired) electrons. The second-order valence-corrected chi connectivity index (χ2v) is 38.7. The summed E-state index contributed by atoms with van der Waals surface area (Å²) in [6, 6.07) is 148. The summed E-state index contributed by atoms with van der Waals surface area (Å²) in [5.41, 5.74) is 16.6. The molecule has 1 saturated heterocycles. The summed E-state index contributed by atoms with van der Waals surface area (Å²) in [7, 11) is -0.436. The zero-order valence-corrected chi connectivity index (χ0v) is 77.6. The van der Waals surface area contributed by atoms with Crippen molar-refractivity contribution in [1.82, 2.24) is 0 Å². The van der Waals surface area contributed by atoms with Gasteiger partial charge in [0.1, 0.15) is 11.2 Å². The summed E-state index contributed by atoms with van der Waals surface area (Å²) < 4.78 is 15.8. The van der Waals surface area contributed by atoms with Crippen LogP contribution in [0.2, 0.25) is 0 Å². The molecule has 634 valence electrons. The minimum absolute atomic E-state index is 0.0808. The Morgan fingerprint density at radius 2 is 0.598 bits per heavy atom. The average Bonchev–Trinajstić information content (AvgIpc) is 0.755. The fourth-order valence-corrected chi connectivity index (χ4v) is 21.7. The zero-order chi connectivity index (χ0) is 89.9. The van der Waals surface area contributed by atoms with Crippen molar-refractivity contribution < 1.29 is 29.1 Å². The van der Waals surface area contributed by atoms with Gasteiger partial charge in [-0.25, -0.2) is 0 Å². The van der Waals surface area contributed by atoms with Gasteiger partial charge in [-0.05, 0) is 270 Å². The quantitative estimate of drug-likeness (QED) is 0.122. The van der Waals surface area contributed by atoms with Gasteiger partial charge in [-0.2, -0.15) is 0 Å². The van der Waals surface area contributed by atoms with E-state index in [1.807, 2.05) is 91.0 Å². The Morgan fingerprint density at radius 3 is 1.10 bits per heavy atom. The van der Waals surface area contributed by atoms with Crippen LogP contribution < -0.4 is 5.46 Å². The van der Waals surface area contributed by atoms with Gasteiger partial charge in [-0.15, -0.1) is 0 Å². The van der Waals surface area contributed by atoms with Gasteiger partial charge < -0.3 is 19.5 Å². The number of aliphatic hydroxyl groups is 2. The first-order valence-corrected chi connectivity index (χ1v) is 47.1. The molecule has 0 bridgehead atoms. The highest BCUT2D eigenvalue weighted by Gasteiger charge is 2.53. The monoisotopic (exact) mass is 1890 g/mol. The fraction of sp³-hybridized carbons (Fsp3) is 0.0820. The van der Waals surface area contributed by atoms with Gasteiger partial charge in [0.05, 0.1) is 11.2 Å². The Bertz CT molecular complexity index is 8290. The van der Waals surface area contributed by atoms with Crippen LogP contribution in [0.15, 0.2) is 438 Å². The Hall–Kier alpha value is -13.6. The highest BCUT2D eigenvalue weighted by molar-refractivity contribution is 9.11. The van der Waals surface area contributed by atoms with Gasteiger partial charge in [0.15, 0.2) is 11.6 Å². The van der Waals surface area contributed by atoms with Crippen molar-refractivity contribution in [2.45, 2.75) is 61.9 Å². The first-order valence-electron chi connectivity index (χ1n) is 44.7. The number of hydrogen-bond donors (Lipinski definition) is 2. The number of ketones is 2. The molecule has 2 N–H and O–H groups in total. The SMILES string of the molecule is Brc1ccc2c(c1)C(c1ccc3ccccc3c1)c1ccccc1C2c1ccc2ccccc2c1.CC1(C)OB(c2ccc3c(-c4ccc5ccccc5c4)c4ccccc4c(-c4ccc5ccccc5c4)c3c2)OC1(C)C.O=C1c2ccccc2C(=O)c2cc(Br)ccc21.OC1(c2ccc3ccccc3c2)c2ccccc2C(O)(c2ccc3ccccc3c2)c2cc(Br)ccc21. The lowest BCUT2D eigenvalue weighted by Crippen LogP contribution is -2.44. The largest absolute Gasteiger partial charge is 0.494 e. The number of carbonyl (C=O) groups is 2. The second kappa shape index (κ2) is 33.6. The van der Waals surface area contributed by atoms with E-state index in [1.54, 1.807) is 42.5 Å². The molecule has 3 aliphatic carbocycles. The molecule has 4 aliphatic rings. The van der Waals surface area contributed by atoms with Crippen LogP contribution in [0.4, 0.5) is 0 Å². The molecule has 1 heterocycles. The van der Waals surface area contributed by atoms with Crippen molar-refractivity contribution in [1.29, 1.82) is 0 Å². The summed E-state index contributed by atoms with van der Waals surface area (Å²) in [6.07, 6.45) is 0. The molecule has 132 heavy (non-hydrogen) atoms. The predicted molar refractivity (Wildman–Crippen MR) is 554 cm³/mol. The number of benzene rings is 21. The van der Waals surface area contributed by atoms with E-state index >= 15 is 0 Å². The van der Waals surface area contributed by atoms with Crippen LogP contribution in [0.1, 0.15) is 138 Å². The standard InChI is InChI=1S/C40H33BO2.C34H23BrO2.C34H23Br.C14H7BrO2/c1-39(2)40(3,4)43-41(42-39)32-21-22-35-36(25-32)38(31-20-18-27-12-6-8-14-29(27)24-31)34-16-10-9-15-33(34)37(35)30-19-17-26-11-5-7-13-28(26)23-30;35-28-17-18-31-32(21-28)34(37,27-16-14-23-8-2-4-10-25(23)20-27)30-12-6-5-11-29(30)33(31,36)26-15-13-22-7-1-3-9-24(22)19-26;35-28-17-18-31-32(21-28)34(27-16-14-23-8-2-4-10-25(23)20-27)30-12-6-5-11-29(30)33(31)26-15-13-22-7-1-3-9-24(22)19-26;15-8-5-6-11-12(7-8)14(17)10-4-2-1-3-9(10)13(11)16/h5-25H,1-4H3;1-21,36-37H;1-21,33-34H;1-7H. The first-order chi connectivity index (χ1) is 64.2. The molecule has 10 heteroatoms. The van der Waals surface area contributed by atoms with Crippen LogP contribution in [-0.2, 0) is 20.5 Å². The van der Waals surface area contributed by atoms with E-state index in [-0.39, 0.29) is 23.4 Å². The second-order valence-electron chi connectivity index (χ2n) is 36.0. The van der Waals surface area contributed by atoms with E-state index < -0.39 is 29.5 Å². The maximum Gasteiger partial charge on any atom is 0.494 e. The van der Waals surface area contributed by atoms with Crippen LogP contribution in [0.5, 0.6) is 0 Å². The molecule has 0 aromatic heterocycles. The van der Waals surface area contributed by atoms with Crippen molar-refractivity contribution in [2.75, 3.05) is 0 Å². The fourth-order valence-electron chi connectivity index (χ4n) is 20.6. The van der Waals surface area contributed by atoms with E-state index in [9.17, 15) is 19.8 Å². The molecule has 21 aromatic rings. The number of halogens is 3. The van der Waals surface area contributed by atoms with Crippen molar-refractivity contribution in [3.05, 3.63) is 527 Å². The maximum atomic E-state index is 12.7. The molecule has 21 aromatic carbocycles. The Labute approximate surface area is 792 Å². The summed E-state index contributed by atoms with van der Waals surface area (Å²) in [6.45, 7) is 8.44. The molecule has 0 saturated carbocycles. The van der Waals surface area contributed by atoms with Crippen LogP contribution in [0, 0.1) is 0 Å². The molecule has 1 fully saturated rings. The molecule has 4 atom stereocenters. The van der Waals surface area contributed by atoms with Crippen molar-refractivity contribution in [3.8, 4) is 22.3 Å². The minimum Gasteiger partial charge on any atom is -0.399 e. The predicted octanol–water partition coefficient (Wildman–Crippen LogP) is 30.2. The van der Waals surface area contributed by atoms with E-state index in [1.165, 1.54) is 120 Å². The number of hydrogen-bond acceptors (Lipinski definition) is 6. The summed E-state index contributed by atoms with van der Waals surface area (Å²) in [5.74, 6) is 0.231. The van der Waals surface area contributed by atoms with E-state index in [0.29, 0.717) is 44.5 Å². The topological polar surface area (TPSA) is 93.1 Å². The third-order valence-corrected chi connectivity index (χ3v) is 29.3. The van der Waals surface area contributed by atoms with Crippen molar-refractivity contribution in [3.63, 3.8) is 0 Å². The van der Waals surface area contributed by atoms with E-state index in [2.05, 4.69) is 367 Å².